The lowest BCUT2D eigenvalue weighted by atomic mass is 10.1. The Bertz CT molecular complexity index is 1160. The van der Waals surface area contributed by atoms with Gasteiger partial charge in [0.05, 0.1) is 22.1 Å². The van der Waals surface area contributed by atoms with E-state index in [4.69, 9.17) is 38.6 Å². The van der Waals surface area contributed by atoms with Crippen LogP contribution in [-0.4, -0.2) is 34.4 Å². The molecule has 7 nitrogen and oxygen atoms in total. The molecule has 2 amide bonds. The number of ether oxygens (including phenoxy) is 2. The monoisotopic (exact) mass is 487 g/mol. The van der Waals surface area contributed by atoms with E-state index in [2.05, 4.69) is 5.43 Å². The number of carbonyl (C=O) groups excluding carboxylic acids is 2. The molecular formula is C22H18ClN3O4S2. The molecule has 2 aromatic carbocycles. The maximum Gasteiger partial charge on any atom is 0.285 e. The Kier molecular flexibility index (Phi) is 7.75. The van der Waals surface area contributed by atoms with E-state index in [1.807, 2.05) is 19.9 Å². The van der Waals surface area contributed by atoms with Gasteiger partial charge in [0.1, 0.15) is 6.07 Å². The minimum Gasteiger partial charge on any atom is -0.490 e. The maximum atomic E-state index is 12.9. The number of hydrazine groups is 1. The van der Waals surface area contributed by atoms with Crippen LogP contribution in [0.3, 0.4) is 0 Å². The molecule has 1 heterocycles. The van der Waals surface area contributed by atoms with Gasteiger partial charge in [-0.1, -0.05) is 35.5 Å². The number of amides is 2. The number of thiocarbonyl (C=S) groups is 1. The number of carbonyl (C=O) groups is 2. The van der Waals surface area contributed by atoms with Gasteiger partial charge in [-0.3, -0.25) is 15.0 Å². The van der Waals surface area contributed by atoms with E-state index in [1.54, 1.807) is 42.5 Å². The van der Waals surface area contributed by atoms with Crippen LogP contribution in [0.4, 0.5) is 0 Å². The third-order valence-corrected chi connectivity index (χ3v) is 5.85. The molecule has 3 rings (SSSR count). The van der Waals surface area contributed by atoms with Gasteiger partial charge in [0.2, 0.25) is 0 Å². The molecule has 0 unspecified atom stereocenters. The maximum absolute atomic E-state index is 12.9. The van der Waals surface area contributed by atoms with Crippen molar-refractivity contribution in [1.82, 2.24) is 10.4 Å². The molecule has 2 aromatic rings. The van der Waals surface area contributed by atoms with E-state index < -0.39 is 11.8 Å². The summed E-state index contributed by atoms with van der Waals surface area (Å²) in [6.45, 7) is 3.99. The van der Waals surface area contributed by atoms with Gasteiger partial charge >= 0.3 is 0 Å². The first-order chi connectivity index (χ1) is 15.3. The number of hydrogen-bond donors (Lipinski definition) is 1. The van der Waals surface area contributed by atoms with Crippen molar-refractivity contribution in [3.05, 3.63) is 63.0 Å². The van der Waals surface area contributed by atoms with Crippen LogP contribution in [0.5, 0.6) is 11.5 Å². The number of hydrogen-bond acceptors (Lipinski definition) is 7. The first kappa shape index (κ1) is 23.6. The summed E-state index contributed by atoms with van der Waals surface area (Å²) in [5.41, 5.74) is 4.34. The molecule has 0 aromatic heterocycles. The molecule has 1 fully saturated rings. The van der Waals surface area contributed by atoms with Crippen LogP contribution in [0.2, 0.25) is 5.02 Å². The van der Waals surface area contributed by atoms with Crippen molar-refractivity contribution in [3.8, 4) is 17.6 Å². The van der Waals surface area contributed by atoms with Crippen molar-refractivity contribution in [2.75, 3.05) is 13.2 Å². The summed E-state index contributed by atoms with van der Waals surface area (Å²) in [6, 6.07) is 12.0. The Balaban J connectivity index is 1.80. The number of halogens is 1. The zero-order valence-corrected chi connectivity index (χ0v) is 19.6. The summed E-state index contributed by atoms with van der Waals surface area (Å²) in [5, 5.41) is 10.0. The van der Waals surface area contributed by atoms with E-state index in [1.165, 1.54) is 0 Å². The van der Waals surface area contributed by atoms with E-state index in [0.29, 0.717) is 28.6 Å². The molecule has 1 aliphatic heterocycles. The van der Waals surface area contributed by atoms with E-state index in [9.17, 15) is 9.59 Å². The summed E-state index contributed by atoms with van der Waals surface area (Å²) >= 11 is 12.5. The second-order valence-corrected chi connectivity index (χ2v) is 8.61. The molecule has 0 spiro atoms. The van der Waals surface area contributed by atoms with E-state index >= 15 is 0 Å². The van der Waals surface area contributed by atoms with Gasteiger partial charge in [-0.2, -0.15) is 10.3 Å². The zero-order chi connectivity index (χ0) is 23.3. The summed E-state index contributed by atoms with van der Waals surface area (Å²) in [5.74, 6) is -0.112. The lowest BCUT2D eigenvalue weighted by Gasteiger charge is -2.16. The van der Waals surface area contributed by atoms with Crippen LogP contribution in [0.1, 0.15) is 28.4 Å². The van der Waals surface area contributed by atoms with Crippen LogP contribution in [0, 0.1) is 18.3 Å². The highest BCUT2D eigenvalue weighted by Crippen LogP contribution is 2.34. The van der Waals surface area contributed by atoms with Gasteiger partial charge in [0, 0.05) is 0 Å². The van der Waals surface area contributed by atoms with Gasteiger partial charge in [-0.25, -0.2) is 0 Å². The van der Waals surface area contributed by atoms with Crippen molar-refractivity contribution < 1.29 is 19.1 Å². The third-order valence-electron chi connectivity index (χ3n) is 4.23. The number of nitrogens with one attached hydrogen (secondary N) is 1. The summed E-state index contributed by atoms with van der Waals surface area (Å²) in [6.07, 6.45) is 1.64. The average Bonchev–Trinajstić information content (AvgIpc) is 3.00. The molecule has 32 heavy (non-hydrogen) atoms. The van der Waals surface area contributed by atoms with Crippen LogP contribution in [0.25, 0.3) is 6.08 Å². The number of thioether (sulfide) groups is 1. The standard InChI is InChI=1S/C22H18ClN3O4S2/c1-3-29-18-11-14(5-7-17(18)30-9-8-24)12-19-21(28)26(22(31)32-19)25-20(27)15-6-4-13(2)10-16(15)23/h4-7,10-12H,3,9H2,1-2H3,(H,25,27)/b19-12-. The number of rotatable bonds is 7. The molecule has 0 atom stereocenters. The fraction of sp³-hybridized carbons (Fsp3) is 0.182. The molecule has 1 aliphatic rings. The quantitative estimate of drug-likeness (QED) is 0.454. The Labute approximate surface area is 199 Å². The molecular weight excluding hydrogens is 470 g/mol. The largest absolute Gasteiger partial charge is 0.490 e. The molecule has 0 bridgehead atoms. The highest BCUT2D eigenvalue weighted by molar-refractivity contribution is 8.26. The molecule has 10 heteroatoms. The third kappa shape index (κ3) is 5.40. The predicted molar refractivity (Wildman–Crippen MR) is 127 cm³/mol. The van der Waals surface area contributed by atoms with Gasteiger partial charge in [0.25, 0.3) is 11.8 Å². The zero-order valence-electron chi connectivity index (χ0n) is 17.2. The first-order valence-electron chi connectivity index (χ1n) is 9.45. The van der Waals surface area contributed by atoms with Gasteiger partial charge in [-0.15, -0.1) is 0 Å². The van der Waals surface area contributed by atoms with Crippen LogP contribution >= 0.6 is 35.6 Å². The molecule has 0 saturated carbocycles. The number of benzene rings is 2. The van der Waals surface area contributed by atoms with Gasteiger partial charge < -0.3 is 9.47 Å². The first-order valence-corrected chi connectivity index (χ1v) is 11.1. The summed E-state index contributed by atoms with van der Waals surface area (Å²) in [7, 11) is 0. The Morgan fingerprint density at radius 1 is 1.28 bits per heavy atom. The van der Waals surface area contributed by atoms with Gasteiger partial charge in [-0.05, 0) is 67.5 Å². The minimum atomic E-state index is -0.537. The molecule has 164 valence electrons. The van der Waals surface area contributed by atoms with Crippen LogP contribution in [0.15, 0.2) is 41.3 Å². The van der Waals surface area contributed by atoms with Crippen molar-refractivity contribution in [2.24, 2.45) is 0 Å². The van der Waals surface area contributed by atoms with Crippen molar-refractivity contribution >= 4 is 57.8 Å². The Morgan fingerprint density at radius 3 is 2.75 bits per heavy atom. The number of aryl methyl sites for hydroxylation is 1. The van der Waals surface area contributed by atoms with E-state index in [0.717, 1.165) is 22.3 Å². The molecule has 1 saturated heterocycles. The number of nitrogens with zero attached hydrogens (tertiary/aromatic N) is 2. The highest BCUT2D eigenvalue weighted by Gasteiger charge is 2.34. The predicted octanol–water partition coefficient (Wildman–Crippen LogP) is 4.50. The summed E-state index contributed by atoms with van der Waals surface area (Å²) < 4.78 is 11.1. The lowest BCUT2D eigenvalue weighted by Crippen LogP contribution is -2.44. The normalized spacial score (nSPS) is 14.4. The van der Waals surface area contributed by atoms with Gasteiger partial charge in [0.15, 0.2) is 22.4 Å². The van der Waals surface area contributed by atoms with Crippen molar-refractivity contribution in [3.63, 3.8) is 0 Å². The Hall–Kier alpha value is -3.06. The van der Waals surface area contributed by atoms with Crippen molar-refractivity contribution in [2.45, 2.75) is 13.8 Å². The second-order valence-electron chi connectivity index (χ2n) is 6.53. The molecule has 0 radical (unpaired) electrons. The average molecular weight is 488 g/mol. The topological polar surface area (TPSA) is 91.7 Å². The van der Waals surface area contributed by atoms with Crippen LogP contribution in [-0.2, 0) is 4.79 Å². The molecule has 0 aliphatic carbocycles. The lowest BCUT2D eigenvalue weighted by molar-refractivity contribution is -0.123. The smallest absolute Gasteiger partial charge is 0.285 e. The van der Waals surface area contributed by atoms with Crippen LogP contribution < -0.4 is 14.9 Å². The number of nitriles is 1. The fourth-order valence-corrected chi connectivity index (χ4v) is 4.29. The fourth-order valence-electron chi connectivity index (χ4n) is 2.79. The highest BCUT2D eigenvalue weighted by atomic mass is 35.5. The van der Waals surface area contributed by atoms with Crippen molar-refractivity contribution in [1.29, 1.82) is 5.26 Å². The Morgan fingerprint density at radius 2 is 2.06 bits per heavy atom. The minimum absolute atomic E-state index is 0.108. The van der Waals surface area contributed by atoms with E-state index in [-0.39, 0.29) is 21.5 Å². The second kappa shape index (κ2) is 10.5. The SMILES string of the molecule is CCOc1cc(/C=C2\SC(=S)N(NC(=O)c3ccc(C)cc3Cl)C2=O)ccc1OCC#N. The summed E-state index contributed by atoms with van der Waals surface area (Å²) in [4.78, 5) is 25.8. The molecule has 1 N–H and O–H groups in total.